The molecule has 84 valence electrons. The average molecular weight is 209 g/mol. The van der Waals surface area contributed by atoms with Gasteiger partial charge in [0.15, 0.2) is 0 Å². The highest BCUT2D eigenvalue weighted by molar-refractivity contribution is 5.40. The number of nitrogens with zero attached hydrogens (tertiary/aromatic N) is 1. The normalized spacial score (nSPS) is 14.4. The number of nitrogens with one attached hydrogen (secondary N) is 1. The Morgan fingerprint density at radius 1 is 1.53 bits per heavy atom. The minimum Gasteiger partial charge on any atom is -0.495 e. The molecule has 1 unspecified atom stereocenters. The van der Waals surface area contributed by atoms with Gasteiger partial charge in [-0.3, -0.25) is 0 Å². The van der Waals surface area contributed by atoms with Gasteiger partial charge < -0.3 is 15.8 Å². The van der Waals surface area contributed by atoms with Gasteiger partial charge in [0.1, 0.15) is 11.6 Å². The fourth-order valence-corrected chi connectivity index (χ4v) is 1.17. The second-order valence-corrected chi connectivity index (χ2v) is 3.83. The fourth-order valence-electron chi connectivity index (χ4n) is 1.17. The molecule has 0 aliphatic carbocycles. The summed E-state index contributed by atoms with van der Waals surface area (Å²) in [4.78, 5) is 4.24. The highest BCUT2D eigenvalue weighted by Crippen LogP contribution is 2.17. The lowest BCUT2D eigenvalue weighted by Gasteiger charge is -2.28. The Morgan fingerprint density at radius 3 is 2.67 bits per heavy atom. The van der Waals surface area contributed by atoms with Crippen LogP contribution >= 0.6 is 0 Å². The molecule has 0 aliphatic heterocycles. The molecule has 3 N–H and O–H groups in total. The molecule has 15 heavy (non-hydrogen) atoms. The lowest BCUT2D eigenvalue weighted by Crippen LogP contribution is -2.42. The van der Waals surface area contributed by atoms with Crippen LogP contribution in [-0.2, 0) is 0 Å². The zero-order valence-electron chi connectivity index (χ0n) is 9.58. The Hall–Kier alpha value is -1.29. The van der Waals surface area contributed by atoms with Gasteiger partial charge in [0.2, 0.25) is 0 Å². The summed E-state index contributed by atoms with van der Waals surface area (Å²) in [7, 11) is 1.63. The van der Waals surface area contributed by atoms with Crippen molar-refractivity contribution in [2.24, 2.45) is 5.73 Å². The van der Waals surface area contributed by atoms with Crippen molar-refractivity contribution in [2.75, 3.05) is 19.0 Å². The van der Waals surface area contributed by atoms with Crippen LogP contribution in [0.15, 0.2) is 18.3 Å². The Balaban J connectivity index is 2.71. The molecule has 1 aromatic rings. The van der Waals surface area contributed by atoms with Crippen molar-refractivity contribution >= 4 is 5.82 Å². The van der Waals surface area contributed by atoms with Crippen molar-refractivity contribution in [1.82, 2.24) is 4.98 Å². The van der Waals surface area contributed by atoms with E-state index in [0.29, 0.717) is 6.54 Å². The van der Waals surface area contributed by atoms with E-state index >= 15 is 0 Å². The van der Waals surface area contributed by atoms with Crippen LogP contribution in [0.2, 0.25) is 0 Å². The SMILES string of the molecule is CCC(C)(CN)Nc1ccc(OC)cn1. The molecule has 0 spiro atoms. The molecular weight excluding hydrogens is 190 g/mol. The van der Waals surface area contributed by atoms with E-state index < -0.39 is 0 Å². The third-order valence-electron chi connectivity index (χ3n) is 2.63. The number of nitrogens with two attached hydrogens (primary N) is 1. The van der Waals surface area contributed by atoms with E-state index in [1.165, 1.54) is 0 Å². The van der Waals surface area contributed by atoms with Crippen LogP contribution in [0, 0.1) is 0 Å². The third-order valence-corrected chi connectivity index (χ3v) is 2.63. The summed E-state index contributed by atoms with van der Waals surface area (Å²) in [6.07, 6.45) is 2.64. The fraction of sp³-hybridized carbons (Fsp3) is 0.545. The first-order valence-corrected chi connectivity index (χ1v) is 5.12. The number of anilines is 1. The minimum atomic E-state index is -0.0956. The Bertz CT molecular complexity index is 293. The smallest absolute Gasteiger partial charge is 0.137 e. The predicted octanol–water partition coefficient (Wildman–Crippen LogP) is 1.63. The molecule has 0 amide bonds. The molecule has 0 aromatic carbocycles. The van der Waals surface area contributed by atoms with E-state index in [0.717, 1.165) is 18.0 Å². The summed E-state index contributed by atoms with van der Waals surface area (Å²) in [5.41, 5.74) is 5.61. The molecule has 0 saturated carbocycles. The number of pyridine rings is 1. The molecule has 1 rings (SSSR count). The zero-order valence-corrected chi connectivity index (χ0v) is 9.58. The molecule has 4 nitrogen and oxygen atoms in total. The number of hydrogen-bond donors (Lipinski definition) is 2. The number of rotatable bonds is 5. The second kappa shape index (κ2) is 4.98. The highest BCUT2D eigenvalue weighted by Gasteiger charge is 2.19. The van der Waals surface area contributed by atoms with Gasteiger partial charge >= 0.3 is 0 Å². The second-order valence-electron chi connectivity index (χ2n) is 3.83. The van der Waals surface area contributed by atoms with Crippen molar-refractivity contribution in [3.8, 4) is 5.75 Å². The molecular formula is C11H19N3O. The van der Waals surface area contributed by atoms with Gasteiger partial charge in [-0.2, -0.15) is 0 Å². The minimum absolute atomic E-state index is 0.0956. The first-order valence-electron chi connectivity index (χ1n) is 5.12. The van der Waals surface area contributed by atoms with Crippen LogP contribution in [0.25, 0.3) is 0 Å². The van der Waals surface area contributed by atoms with Gasteiger partial charge in [0.25, 0.3) is 0 Å². The van der Waals surface area contributed by atoms with Crippen LogP contribution in [0.1, 0.15) is 20.3 Å². The topological polar surface area (TPSA) is 60.2 Å². The highest BCUT2D eigenvalue weighted by atomic mass is 16.5. The van der Waals surface area contributed by atoms with Crippen molar-refractivity contribution in [3.05, 3.63) is 18.3 Å². The molecule has 0 radical (unpaired) electrons. The van der Waals surface area contributed by atoms with Gasteiger partial charge in [-0.25, -0.2) is 4.98 Å². The zero-order chi connectivity index (χ0) is 11.3. The first kappa shape index (κ1) is 11.8. The van der Waals surface area contributed by atoms with Crippen molar-refractivity contribution in [3.63, 3.8) is 0 Å². The van der Waals surface area contributed by atoms with Crippen LogP contribution in [-0.4, -0.2) is 24.2 Å². The lowest BCUT2D eigenvalue weighted by atomic mass is 9.99. The van der Waals surface area contributed by atoms with E-state index in [1.807, 2.05) is 12.1 Å². The summed E-state index contributed by atoms with van der Waals surface area (Å²) in [6.45, 7) is 4.76. The summed E-state index contributed by atoms with van der Waals surface area (Å²) in [5.74, 6) is 1.58. The Labute approximate surface area is 90.8 Å². The van der Waals surface area contributed by atoms with Gasteiger partial charge in [-0.05, 0) is 25.5 Å². The van der Waals surface area contributed by atoms with Crippen molar-refractivity contribution < 1.29 is 4.74 Å². The number of hydrogen-bond acceptors (Lipinski definition) is 4. The molecule has 0 aliphatic rings. The molecule has 4 heteroatoms. The number of ether oxygens (including phenoxy) is 1. The van der Waals surface area contributed by atoms with Crippen molar-refractivity contribution in [1.29, 1.82) is 0 Å². The quantitative estimate of drug-likeness (QED) is 0.773. The maximum Gasteiger partial charge on any atom is 0.137 e. The summed E-state index contributed by atoms with van der Waals surface area (Å²) in [5, 5.41) is 3.31. The number of aromatic nitrogens is 1. The molecule has 0 bridgehead atoms. The number of methoxy groups -OCH3 is 1. The van der Waals surface area contributed by atoms with Gasteiger partial charge in [-0.1, -0.05) is 6.92 Å². The maximum atomic E-state index is 5.71. The van der Waals surface area contributed by atoms with Crippen LogP contribution in [0.4, 0.5) is 5.82 Å². The maximum absolute atomic E-state index is 5.71. The van der Waals surface area contributed by atoms with E-state index in [1.54, 1.807) is 13.3 Å². The van der Waals surface area contributed by atoms with E-state index in [4.69, 9.17) is 10.5 Å². The van der Waals surface area contributed by atoms with E-state index in [9.17, 15) is 0 Å². The summed E-state index contributed by atoms with van der Waals surface area (Å²) in [6, 6.07) is 3.77. The summed E-state index contributed by atoms with van der Waals surface area (Å²) < 4.78 is 5.04. The monoisotopic (exact) mass is 209 g/mol. The Morgan fingerprint density at radius 2 is 2.27 bits per heavy atom. The van der Waals surface area contributed by atoms with Gasteiger partial charge in [0.05, 0.1) is 13.3 Å². The van der Waals surface area contributed by atoms with E-state index in [2.05, 4.69) is 24.1 Å². The molecule has 1 atom stereocenters. The molecule has 0 saturated heterocycles. The van der Waals surface area contributed by atoms with Gasteiger partial charge in [-0.15, -0.1) is 0 Å². The van der Waals surface area contributed by atoms with Crippen LogP contribution in [0.3, 0.4) is 0 Å². The van der Waals surface area contributed by atoms with Gasteiger partial charge in [0, 0.05) is 12.1 Å². The van der Waals surface area contributed by atoms with E-state index in [-0.39, 0.29) is 5.54 Å². The standard InChI is InChI=1S/C11H19N3O/c1-4-11(2,8-12)14-10-6-5-9(15-3)7-13-10/h5-7H,4,8,12H2,1-3H3,(H,13,14). The summed E-state index contributed by atoms with van der Waals surface area (Å²) >= 11 is 0. The first-order chi connectivity index (χ1) is 7.13. The molecule has 1 heterocycles. The van der Waals surface area contributed by atoms with Crippen LogP contribution < -0.4 is 15.8 Å². The van der Waals surface area contributed by atoms with Crippen LogP contribution in [0.5, 0.6) is 5.75 Å². The largest absolute Gasteiger partial charge is 0.495 e. The lowest BCUT2D eigenvalue weighted by molar-refractivity contribution is 0.413. The molecule has 1 aromatic heterocycles. The Kier molecular flexibility index (Phi) is 3.91. The molecule has 0 fully saturated rings. The predicted molar refractivity (Wildman–Crippen MR) is 62.2 cm³/mol. The van der Waals surface area contributed by atoms with Crippen molar-refractivity contribution in [2.45, 2.75) is 25.8 Å². The average Bonchev–Trinajstić information content (AvgIpc) is 2.30. The third kappa shape index (κ3) is 3.09.